The number of aryl methyl sites for hydroxylation is 1. The highest BCUT2D eigenvalue weighted by Gasteiger charge is 2.25. The number of hydrogen-bond donors (Lipinski definition) is 3. The molecule has 4 nitrogen and oxygen atoms in total. The molecule has 0 aliphatic rings. The number of hydrogen-bond acceptors (Lipinski definition) is 4. The topological polar surface area (TPSA) is 67.5 Å². The number of methoxy groups -OCH3 is 1. The van der Waals surface area contributed by atoms with Crippen LogP contribution >= 0.6 is 0 Å². The van der Waals surface area contributed by atoms with Crippen molar-refractivity contribution in [3.05, 3.63) is 29.8 Å². The van der Waals surface area contributed by atoms with Crippen molar-refractivity contribution in [2.45, 2.75) is 45.2 Å². The summed E-state index contributed by atoms with van der Waals surface area (Å²) >= 11 is 0. The molecule has 1 aromatic rings. The summed E-state index contributed by atoms with van der Waals surface area (Å²) in [5, 5.41) is 12.8. The predicted molar refractivity (Wildman–Crippen MR) is 87.6 cm³/mol. The summed E-state index contributed by atoms with van der Waals surface area (Å²) in [5.41, 5.74) is 7.12. The fourth-order valence-electron chi connectivity index (χ4n) is 2.30. The molecule has 0 aromatic heterocycles. The third kappa shape index (κ3) is 5.65. The van der Waals surface area contributed by atoms with Crippen LogP contribution in [0.2, 0.25) is 0 Å². The molecule has 4 N–H and O–H groups in total. The Morgan fingerprint density at radius 2 is 1.90 bits per heavy atom. The standard InChI is InChI=1S/C17H30N2O2/c1-13(11-20)14(2)19-17(3,12-18)10-9-15-5-7-16(21-4)8-6-15/h5-8,13-14,19-20H,9-12,18H2,1-4H3. The van der Waals surface area contributed by atoms with E-state index in [2.05, 4.69) is 31.3 Å². The number of aliphatic hydroxyl groups excluding tert-OH is 1. The minimum Gasteiger partial charge on any atom is -0.497 e. The monoisotopic (exact) mass is 294 g/mol. The summed E-state index contributed by atoms with van der Waals surface area (Å²) in [6.07, 6.45) is 1.92. The van der Waals surface area contributed by atoms with Gasteiger partial charge in [0, 0.05) is 24.7 Å². The van der Waals surface area contributed by atoms with Gasteiger partial charge in [0.15, 0.2) is 0 Å². The van der Waals surface area contributed by atoms with Crippen LogP contribution in [0.25, 0.3) is 0 Å². The number of aliphatic hydroxyl groups is 1. The Kier molecular flexibility index (Phi) is 7.15. The predicted octanol–water partition coefficient (Wildman–Crippen LogP) is 1.95. The van der Waals surface area contributed by atoms with E-state index in [9.17, 15) is 5.11 Å². The van der Waals surface area contributed by atoms with Crippen LogP contribution in [-0.2, 0) is 6.42 Å². The third-order valence-corrected chi connectivity index (χ3v) is 4.29. The van der Waals surface area contributed by atoms with Crippen LogP contribution in [0.1, 0.15) is 32.8 Å². The number of rotatable bonds is 9. The molecule has 0 saturated heterocycles. The van der Waals surface area contributed by atoms with Gasteiger partial charge in [0.1, 0.15) is 5.75 Å². The maximum atomic E-state index is 9.25. The van der Waals surface area contributed by atoms with Crippen molar-refractivity contribution in [3.8, 4) is 5.75 Å². The molecular weight excluding hydrogens is 264 g/mol. The smallest absolute Gasteiger partial charge is 0.118 e. The van der Waals surface area contributed by atoms with Crippen molar-refractivity contribution >= 4 is 0 Å². The second-order valence-electron chi connectivity index (χ2n) is 6.21. The maximum Gasteiger partial charge on any atom is 0.118 e. The van der Waals surface area contributed by atoms with Crippen LogP contribution in [0, 0.1) is 5.92 Å². The van der Waals surface area contributed by atoms with Gasteiger partial charge >= 0.3 is 0 Å². The summed E-state index contributed by atoms with van der Waals surface area (Å²) in [7, 11) is 1.67. The average Bonchev–Trinajstić information content (AvgIpc) is 2.52. The zero-order valence-electron chi connectivity index (χ0n) is 13.7. The van der Waals surface area contributed by atoms with E-state index in [1.54, 1.807) is 7.11 Å². The lowest BCUT2D eigenvalue weighted by atomic mass is 9.90. The Hall–Kier alpha value is -1.10. The lowest BCUT2D eigenvalue weighted by Gasteiger charge is -2.35. The fraction of sp³-hybridized carbons (Fsp3) is 0.647. The minimum absolute atomic E-state index is 0.122. The molecule has 0 amide bonds. The molecule has 21 heavy (non-hydrogen) atoms. The molecule has 0 aliphatic heterocycles. The lowest BCUT2D eigenvalue weighted by Crippen LogP contribution is -2.54. The Labute approximate surface area is 128 Å². The number of nitrogens with one attached hydrogen (secondary N) is 1. The number of benzene rings is 1. The lowest BCUT2D eigenvalue weighted by molar-refractivity contribution is 0.181. The molecule has 0 aliphatic carbocycles. The molecule has 3 unspecified atom stereocenters. The zero-order valence-corrected chi connectivity index (χ0v) is 13.7. The molecule has 0 bridgehead atoms. The van der Waals surface area contributed by atoms with Gasteiger partial charge in [0.05, 0.1) is 7.11 Å². The molecular formula is C17H30N2O2. The van der Waals surface area contributed by atoms with Crippen molar-refractivity contribution in [2.24, 2.45) is 11.7 Å². The van der Waals surface area contributed by atoms with Gasteiger partial charge in [-0.15, -0.1) is 0 Å². The molecule has 0 radical (unpaired) electrons. The molecule has 0 saturated carbocycles. The van der Waals surface area contributed by atoms with Crippen LogP contribution in [0.15, 0.2) is 24.3 Å². The molecule has 3 atom stereocenters. The van der Waals surface area contributed by atoms with Gasteiger partial charge in [-0.1, -0.05) is 19.1 Å². The summed E-state index contributed by atoms with van der Waals surface area (Å²) in [6.45, 7) is 7.05. The van der Waals surface area contributed by atoms with Crippen molar-refractivity contribution in [1.82, 2.24) is 5.32 Å². The van der Waals surface area contributed by atoms with Crippen molar-refractivity contribution in [3.63, 3.8) is 0 Å². The zero-order chi connectivity index (χ0) is 15.9. The highest BCUT2D eigenvalue weighted by Crippen LogP contribution is 2.18. The minimum atomic E-state index is -0.122. The first-order valence-corrected chi connectivity index (χ1v) is 7.65. The fourth-order valence-corrected chi connectivity index (χ4v) is 2.30. The second kappa shape index (κ2) is 8.37. The molecule has 120 valence electrons. The Balaban J connectivity index is 2.58. The normalized spacial score (nSPS) is 17.0. The number of nitrogens with two attached hydrogens (primary N) is 1. The second-order valence-corrected chi connectivity index (χ2v) is 6.21. The highest BCUT2D eigenvalue weighted by atomic mass is 16.5. The van der Waals surface area contributed by atoms with E-state index in [0.29, 0.717) is 6.54 Å². The molecule has 1 rings (SSSR count). The average molecular weight is 294 g/mol. The highest BCUT2D eigenvalue weighted by molar-refractivity contribution is 5.27. The van der Waals surface area contributed by atoms with E-state index in [4.69, 9.17) is 10.5 Å². The molecule has 1 aromatic carbocycles. The van der Waals surface area contributed by atoms with Crippen LogP contribution in [0.4, 0.5) is 0 Å². The first-order chi connectivity index (χ1) is 9.94. The maximum absolute atomic E-state index is 9.25. The molecule has 0 heterocycles. The summed E-state index contributed by atoms with van der Waals surface area (Å²) in [4.78, 5) is 0. The van der Waals surface area contributed by atoms with Gasteiger partial charge in [-0.3, -0.25) is 0 Å². The van der Waals surface area contributed by atoms with Gasteiger partial charge in [-0.2, -0.15) is 0 Å². The van der Waals surface area contributed by atoms with E-state index in [0.717, 1.165) is 18.6 Å². The Morgan fingerprint density at radius 1 is 1.29 bits per heavy atom. The Bertz CT molecular complexity index is 408. The van der Waals surface area contributed by atoms with Gasteiger partial charge in [-0.05, 0) is 50.3 Å². The number of ether oxygens (including phenoxy) is 1. The van der Waals surface area contributed by atoms with E-state index < -0.39 is 0 Å². The quantitative estimate of drug-likeness (QED) is 0.651. The van der Waals surface area contributed by atoms with E-state index in [1.165, 1.54) is 5.56 Å². The van der Waals surface area contributed by atoms with E-state index in [-0.39, 0.29) is 24.1 Å². The largest absolute Gasteiger partial charge is 0.497 e. The molecule has 0 fully saturated rings. The summed E-state index contributed by atoms with van der Waals surface area (Å²) in [5.74, 6) is 1.10. The van der Waals surface area contributed by atoms with Gasteiger partial charge in [0.2, 0.25) is 0 Å². The van der Waals surface area contributed by atoms with Gasteiger partial charge < -0.3 is 20.9 Å². The van der Waals surface area contributed by atoms with Crippen molar-refractivity contribution in [2.75, 3.05) is 20.3 Å². The molecule has 4 heteroatoms. The Morgan fingerprint density at radius 3 is 2.38 bits per heavy atom. The van der Waals surface area contributed by atoms with Crippen LogP contribution in [0.5, 0.6) is 5.75 Å². The van der Waals surface area contributed by atoms with Crippen LogP contribution < -0.4 is 15.8 Å². The van der Waals surface area contributed by atoms with Crippen molar-refractivity contribution < 1.29 is 9.84 Å². The van der Waals surface area contributed by atoms with Gasteiger partial charge in [-0.25, -0.2) is 0 Å². The van der Waals surface area contributed by atoms with Gasteiger partial charge in [0.25, 0.3) is 0 Å². The SMILES string of the molecule is COc1ccc(CCC(C)(CN)NC(C)C(C)CO)cc1. The first kappa shape index (κ1) is 18.0. The molecule has 0 spiro atoms. The summed E-state index contributed by atoms with van der Waals surface area (Å²) in [6, 6.07) is 8.39. The van der Waals surface area contributed by atoms with E-state index in [1.807, 2.05) is 19.1 Å². The van der Waals surface area contributed by atoms with E-state index >= 15 is 0 Å². The summed E-state index contributed by atoms with van der Waals surface area (Å²) < 4.78 is 5.17. The van der Waals surface area contributed by atoms with Crippen molar-refractivity contribution in [1.29, 1.82) is 0 Å². The van der Waals surface area contributed by atoms with Crippen LogP contribution in [-0.4, -0.2) is 36.9 Å². The first-order valence-electron chi connectivity index (χ1n) is 7.65. The third-order valence-electron chi connectivity index (χ3n) is 4.29. The van der Waals surface area contributed by atoms with Crippen LogP contribution in [0.3, 0.4) is 0 Å².